The summed E-state index contributed by atoms with van der Waals surface area (Å²) in [6.45, 7) is 5.54. The predicted molar refractivity (Wildman–Crippen MR) is 104 cm³/mol. The Morgan fingerprint density at radius 3 is 2.63 bits per heavy atom. The molecule has 0 bridgehead atoms. The van der Waals surface area contributed by atoms with E-state index in [0.29, 0.717) is 23.4 Å². The maximum atomic E-state index is 12.8. The zero-order valence-electron chi connectivity index (χ0n) is 16.1. The highest BCUT2D eigenvalue weighted by molar-refractivity contribution is 5.94. The smallest absolute Gasteiger partial charge is 0.253 e. The van der Waals surface area contributed by atoms with Crippen LogP contribution in [0, 0.1) is 11.3 Å². The van der Waals surface area contributed by atoms with E-state index in [0.717, 1.165) is 30.6 Å². The Hall–Kier alpha value is -2.71. The molecule has 0 saturated carbocycles. The first-order chi connectivity index (χ1) is 13.0. The Morgan fingerprint density at radius 2 is 2.00 bits per heavy atom. The molecule has 0 unspecified atom stereocenters. The lowest BCUT2D eigenvalue weighted by Gasteiger charge is -2.32. The van der Waals surface area contributed by atoms with Gasteiger partial charge in [-0.1, -0.05) is 26.0 Å². The zero-order chi connectivity index (χ0) is 19.4. The van der Waals surface area contributed by atoms with Gasteiger partial charge < -0.3 is 9.64 Å². The molecule has 1 aliphatic rings. The van der Waals surface area contributed by atoms with Crippen LogP contribution in [0.15, 0.2) is 36.4 Å². The number of pyridine rings is 1. The van der Waals surface area contributed by atoms with Crippen LogP contribution in [0.3, 0.4) is 0 Å². The van der Waals surface area contributed by atoms with E-state index in [4.69, 9.17) is 4.74 Å². The van der Waals surface area contributed by atoms with Gasteiger partial charge in [0.2, 0.25) is 0 Å². The highest BCUT2D eigenvalue weighted by Crippen LogP contribution is 2.25. The van der Waals surface area contributed by atoms with Crippen LogP contribution < -0.4 is 0 Å². The van der Waals surface area contributed by atoms with Crippen molar-refractivity contribution >= 4 is 5.91 Å². The normalized spacial score (nSPS) is 17.0. The minimum Gasteiger partial charge on any atom is -0.380 e. The standard InChI is InChI=1S/C22H25N3O2/c1-15(2)20-11-10-18(13-23)21(24-20)16-6-8-17(9-7-16)22(26)25-12-4-5-19(14-25)27-3/h6-11,15,19H,4-5,12,14H2,1-3H3/t19-/m1/s1. The molecule has 0 aliphatic carbocycles. The number of rotatable bonds is 4. The summed E-state index contributed by atoms with van der Waals surface area (Å²) in [5, 5.41) is 9.41. The van der Waals surface area contributed by atoms with E-state index in [-0.39, 0.29) is 17.9 Å². The molecule has 0 radical (unpaired) electrons. The van der Waals surface area contributed by atoms with Crippen molar-refractivity contribution in [2.24, 2.45) is 0 Å². The summed E-state index contributed by atoms with van der Waals surface area (Å²) < 4.78 is 5.41. The van der Waals surface area contributed by atoms with Crippen molar-refractivity contribution in [1.29, 1.82) is 5.26 Å². The fraction of sp³-hybridized carbons (Fsp3) is 0.409. The number of hydrogen-bond donors (Lipinski definition) is 0. The number of carbonyl (C=O) groups is 1. The second-order valence-electron chi connectivity index (χ2n) is 7.23. The van der Waals surface area contributed by atoms with Crippen LogP contribution in [0.25, 0.3) is 11.3 Å². The number of nitriles is 1. The zero-order valence-corrected chi connectivity index (χ0v) is 16.1. The Morgan fingerprint density at radius 1 is 1.26 bits per heavy atom. The van der Waals surface area contributed by atoms with E-state index in [9.17, 15) is 10.1 Å². The van der Waals surface area contributed by atoms with E-state index >= 15 is 0 Å². The number of aromatic nitrogens is 1. The van der Waals surface area contributed by atoms with Crippen molar-refractivity contribution in [3.63, 3.8) is 0 Å². The molecular weight excluding hydrogens is 338 g/mol. The second kappa shape index (κ2) is 8.32. The number of amides is 1. The Bertz CT molecular complexity index is 853. The van der Waals surface area contributed by atoms with E-state index in [2.05, 4.69) is 24.9 Å². The largest absolute Gasteiger partial charge is 0.380 e. The topological polar surface area (TPSA) is 66.2 Å². The molecule has 140 valence electrons. The van der Waals surface area contributed by atoms with E-state index in [1.807, 2.05) is 41.3 Å². The van der Waals surface area contributed by atoms with E-state index in [1.165, 1.54) is 0 Å². The van der Waals surface area contributed by atoms with Gasteiger partial charge in [-0.3, -0.25) is 9.78 Å². The molecule has 1 atom stereocenters. The number of methoxy groups -OCH3 is 1. The number of ether oxygens (including phenoxy) is 1. The molecule has 1 aliphatic heterocycles. The van der Waals surface area contributed by atoms with Crippen LogP contribution >= 0.6 is 0 Å². The minimum absolute atomic E-state index is 0.0210. The van der Waals surface area contributed by atoms with E-state index in [1.54, 1.807) is 7.11 Å². The van der Waals surface area contributed by atoms with Gasteiger partial charge in [0.05, 0.1) is 17.4 Å². The van der Waals surface area contributed by atoms with Gasteiger partial charge >= 0.3 is 0 Å². The van der Waals surface area contributed by atoms with Crippen LogP contribution in [0.1, 0.15) is 54.2 Å². The molecule has 2 heterocycles. The molecule has 1 fully saturated rings. The highest BCUT2D eigenvalue weighted by Gasteiger charge is 2.24. The van der Waals surface area contributed by atoms with Crippen molar-refractivity contribution in [3.05, 3.63) is 53.2 Å². The summed E-state index contributed by atoms with van der Waals surface area (Å²) in [7, 11) is 1.69. The molecule has 1 saturated heterocycles. The van der Waals surface area contributed by atoms with Crippen molar-refractivity contribution in [2.45, 2.75) is 38.7 Å². The lowest BCUT2D eigenvalue weighted by atomic mass is 10.0. The third-order valence-corrected chi connectivity index (χ3v) is 5.03. The van der Waals surface area contributed by atoms with Gasteiger partial charge in [-0.25, -0.2) is 0 Å². The second-order valence-corrected chi connectivity index (χ2v) is 7.23. The fourth-order valence-corrected chi connectivity index (χ4v) is 3.37. The number of piperidine rings is 1. The van der Waals surface area contributed by atoms with Crippen molar-refractivity contribution < 1.29 is 9.53 Å². The van der Waals surface area contributed by atoms with Crippen molar-refractivity contribution in [1.82, 2.24) is 9.88 Å². The summed E-state index contributed by atoms with van der Waals surface area (Å²) >= 11 is 0. The van der Waals surface area contributed by atoms with Gasteiger partial charge in [-0.15, -0.1) is 0 Å². The average molecular weight is 363 g/mol. The molecule has 27 heavy (non-hydrogen) atoms. The summed E-state index contributed by atoms with van der Waals surface area (Å²) in [4.78, 5) is 19.3. The highest BCUT2D eigenvalue weighted by atomic mass is 16.5. The molecule has 1 aromatic carbocycles. The third-order valence-electron chi connectivity index (χ3n) is 5.03. The van der Waals surface area contributed by atoms with Gasteiger partial charge in [0.15, 0.2) is 0 Å². The maximum Gasteiger partial charge on any atom is 0.253 e. The lowest BCUT2D eigenvalue weighted by molar-refractivity contribution is 0.0269. The Labute approximate surface area is 160 Å². The summed E-state index contributed by atoms with van der Waals surface area (Å²) in [5.41, 5.74) is 3.65. The van der Waals surface area contributed by atoms with Crippen molar-refractivity contribution in [3.8, 4) is 17.3 Å². The Kier molecular flexibility index (Phi) is 5.88. The predicted octanol–water partition coefficient (Wildman–Crippen LogP) is 3.99. The monoisotopic (exact) mass is 363 g/mol. The molecule has 2 aromatic rings. The Balaban J connectivity index is 1.84. The molecule has 1 aromatic heterocycles. The minimum atomic E-state index is 0.0210. The average Bonchev–Trinajstić information content (AvgIpc) is 2.72. The molecule has 0 spiro atoms. The van der Waals surface area contributed by atoms with Crippen LogP contribution in [-0.2, 0) is 4.74 Å². The third kappa shape index (κ3) is 4.17. The fourth-order valence-electron chi connectivity index (χ4n) is 3.37. The maximum absolute atomic E-state index is 12.8. The van der Waals surface area contributed by atoms with Crippen LogP contribution in [0.5, 0.6) is 0 Å². The molecule has 5 heteroatoms. The number of hydrogen-bond acceptors (Lipinski definition) is 4. The summed E-state index contributed by atoms with van der Waals surface area (Å²) in [5.74, 6) is 0.304. The van der Waals surface area contributed by atoms with Crippen LogP contribution in [0.2, 0.25) is 0 Å². The van der Waals surface area contributed by atoms with Gasteiger partial charge in [0.1, 0.15) is 6.07 Å². The number of benzene rings is 1. The van der Waals surface area contributed by atoms with Gasteiger partial charge in [0, 0.05) is 37.0 Å². The molecular formula is C22H25N3O2. The molecule has 0 N–H and O–H groups in total. The molecule has 3 rings (SSSR count). The van der Waals surface area contributed by atoms with Crippen LogP contribution in [0.4, 0.5) is 0 Å². The van der Waals surface area contributed by atoms with Crippen molar-refractivity contribution in [2.75, 3.05) is 20.2 Å². The van der Waals surface area contributed by atoms with E-state index < -0.39 is 0 Å². The first-order valence-corrected chi connectivity index (χ1v) is 9.37. The summed E-state index contributed by atoms with van der Waals surface area (Å²) in [6.07, 6.45) is 2.07. The molecule has 1 amide bonds. The lowest BCUT2D eigenvalue weighted by Crippen LogP contribution is -2.42. The quantitative estimate of drug-likeness (QED) is 0.824. The van der Waals surface area contributed by atoms with Gasteiger partial charge in [-0.2, -0.15) is 5.26 Å². The number of carbonyl (C=O) groups excluding carboxylic acids is 1. The number of likely N-dealkylation sites (tertiary alicyclic amines) is 1. The first-order valence-electron chi connectivity index (χ1n) is 9.37. The van der Waals surface area contributed by atoms with Crippen LogP contribution in [-0.4, -0.2) is 42.1 Å². The molecule has 5 nitrogen and oxygen atoms in total. The first kappa shape index (κ1) is 19.1. The van der Waals surface area contributed by atoms with Gasteiger partial charge in [-0.05, 0) is 43.0 Å². The number of nitrogens with zero attached hydrogens (tertiary/aromatic N) is 3. The SMILES string of the molecule is CO[C@@H]1CCCN(C(=O)c2ccc(-c3nc(C(C)C)ccc3C#N)cc2)C1. The van der Waals surface area contributed by atoms with Gasteiger partial charge in [0.25, 0.3) is 5.91 Å². The summed E-state index contributed by atoms with van der Waals surface area (Å²) in [6, 6.07) is 13.3.